The molecule has 0 saturated heterocycles. The summed E-state index contributed by atoms with van der Waals surface area (Å²) in [6.07, 6.45) is 2.96. The van der Waals surface area contributed by atoms with Crippen LogP contribution in [0.2, 0.25) is 0 Å². The highest BCUT2D eigenvalue weighted by molar-refractivity contribution is 5.38. The van der Waals surface area contributed by atoms with Gasteiger partial charge in [0.1, 0.15) is 6.20 Å². The van der Waals surface area contributed by atoms with Gasteiger partial charge in [0.2, 0.25) is 5.75 Å². The van der Waals surface area contributed by atoms with Gasteiger partial charge in [-0.15, -0.1) is 0 Å². The Morgan fingerprint density at radius 2 is 2.37 bits per heavy atom. The zero-order chi connectivity index (χ0) is 13.7. The normalized spacial score (nSPS) is 10.4. The Bertz CT molecular complexity index is 569. The van der Waals surface area contributed by atoms with Gasteiger partial charge in [-0.3, -0.25) is 0 Å². The molecular weight excluding hydrogens is 252 g/mol. The molecule has 0 amide bonds. The minimum absolute atomic E-state index is 0.0246. The summed E-state index contributed by atoms with van der Waals surface area (Å²) in [5.74, 6) is 0.613. The lowest BCUT2D eigenvalue weighted by atomic mass is 10.3. The zero-order valence-electron chi connectivity index (χ0n) is 10.3. The van der Waals surface area contributed by atoms with Gasteiger partial charge in [-0.05, 0) is 28.5 Å². The maximum atomic E-state index is 10.7. The standard InChI is InChI=1S/C11H12N4O4/c1-2-4-9-13-10(19-14-9)7-18-8-5-3-6-12-11(8)15(16)17/h3,5-6H,2,4,7H2,1H3. The van der Waals surface area contributed by atoms with Crippen LogP contribution in [0.5, 0.6) is 5.75 Å². The van der Waals surface area contributed by atoms with Crippen LogP contribution in [-0.2, 0) is 13.0 Å². The molecule has 0 N–H and O–H groups in total. The molecule has 2 aromatic rings. The molecular formula is C11H12N4O4. The van der Waals surface area contributed by atoms with Gasteiger partial charge in [-0.25, -0.2) is 0 Å². The van der Waals surface area contributed by atoms with Crippen LogP contribution in [-0.4, -0.2) is 20.0 Å². The van der Waals surface area contributed by atoms with Gasteiger partial charge < -0.3 is 19.4 Å². The first-order chi connectivity index (χ1) is 9.20. The number of rotatable bonds is 6. The number of hydrogen-bond acceptors (Lipinski definition) is 7. The molecule has 2 heterocycles. The zero-order valence-corrected chi connectivity index (χ0v) is 10.3. The van der Waals surface area contributed by atoms with E-state index in [2.05, 4.69) is 15.1 Å². The van der Waals surface area contributed by atoms with Crippen molar-refractivity contribution in [2.45, 2.75) is 26.4 Å². The summed E-state index contributed by atoms with van der Waals surface area (Å²) in [6, 6.07) is 3.02. The van der Waals surface area contributed by atoms with Crippen molar-refractivity contribution in [3.05, 3.63) is 40.2 Å². The molecule has 0 aliphatic carbocycles. The van der Waals surface area contributed by atoms with Gasteiger partial charge in [0.05, 0.1) is 0 Å². The Balaban J connectivity index is 2.03. The number of nitro groups is 1. The molecule has 19 heavy (non-hydrogen) atoms. The van der Waals surface area contributed by atoms with Crippen LogP contribution in [0, 0.1) is 10.1 Å². The van der Waals surface area contributed by atoms with Crippen molar-refractivity contribution < 1.29 is 14.2 Å². The molecule has 0 aliphatic rings. The van der Waals surface area contributed by atoms with Gasteiger partial charge in [-0.2, -0.15) is 4.98 Å². The fourth-order valence-corrected chi connectivity index (χ4v) is 1.45. The molecule has 0 saturated carbocycles. The van der Waals surface area contributed by atoms with Crippen LogP contribution in [0.15, 0.2) is 22.9 Å². The largest absolute Gasteiger partial charge is 0.476 e. The van der Waals surface area contributed by atoms with E-state index in [1.165, 1.54) is 12.3 Å². The molecule has 0 fully saturated rings. The summed E-state index contributed by atoms with van der Waals surface area (Å²) in [7, 11) is 0. The molecule has 0 bridgehead atoms. The Kier molecular flexibility index (Phi) is 4.01. The van der Waals surface area contributed by atoms with E-state index >= 15 is 0 Å². The molecule has 0 spiro atoms. The monoisotopic (exact) mass is 264 g/mol. The first-order valence-electron chi connectivity index (χ1n) is 5.74. The van der Waals surface area contributed by atoms with E-state index in [1.54, 1.807) is 6.07 Å². The number of aromatic nitrogens is 3. The minimum atomic E-state index is -0.605. The van der Waals surface area contributed by atoms with Crippen LogP contribution in [0.1, 0.15) is 25.1 Å². The van der Waals surface area contributed by atoms with E-state index in [0.29, 0.717) is 5.82 Å². The van der Waals surface area contributed by atoms with Gasteiger partial charge in [0.15, 0.2) is 12.4 Å². The van der Waals surface area contributed by atoms with Gasteiger partial charge in [0, 0.05) is 6.42 Å². The molecule has 2 aromatic heterocycles. The highest BCUT2D eigenvalue weighted by atomic mass is 16.6. The van der Waals surface area contributed by atoms with Crippen LogP contribution in [0.4, 0.5) is 5.82 Å². The molecule has 0 unspecified atom stereocenters. The number of aryl methyl sites for hydroxylation is 1. The molecule has 0 aromatic carbocycles. The van der Waals surface area contributed by atoms with Crippen molar-refractivity contribution in [1.82, 2.24) is 15.1 Å². The van der Waals surface area contributed by atoms with Crippen molar-refractivity contribution in [3.63, 3.8) is 0 Å². The average molecular weight is 264 g/mol. The van der Waals surface area contributed by atoms with Crippen molar-refractivity contribution >= 4 is 5.82 Å². The lowest BCUT2D eigenvalue weighted by molar-refractivity contribution is -0.390. The van der Waals surface area contributed by atoms with Crippen molar-refractivity contribution in [2.24, 2.45) is 0 Å². The molecule has 0 radical (unpaired) electrons. The Hall–Kier alpha value is -2.51. The van der Waals surface area contributed by atoms with E-state index in [4.69, 9.17) is 9.26 Å². The fraction of sp³-hybridized carbons (Fsp3) is 0.364. The van der Waals surface area contributed by atoms with Gasteiger partial charge in [0.25, 0.3) is 5.89 Å². The molecule has 2 rings (SSSR count). The highest BCUT2D eigenvalue weighted by Gasteiger charge is 2.16. The van der Waals surface area contributed by atoms with Crippen LogP contribution in [0.3, 0.4) is 0 Å². The summed E-state index contributed by atoms with van der Waals surface area (Å²) in [4.78, 5) is 17.9. The third-order valence-corrected chi connectivity index (χ3v) is 2.26. The van der Waals surface area contributed by atoms with E-state index in [-0.39, 0.29) is 24.1 Å². The first kappa shape index (κ1) is 12.9. The van der Waals surface area contributed by atoms with Gasteiger partial charge in [-0.1, -0.05) is 12.1 Å². The molecule has 8 nitrogen and oxygen atoms in total. The summed E-state index contributed by atoms with van der Waals surface area (Å²) in [5.41, 5.74) is 0. The predicted molar refractivity (Wildman–Crippen MR) is 63.5 cm³/mol. The Labute approximate surface area is 108 Å². The maximum Gasteiger partial charge on any atom is 0.406 e. The molecule has 100 valence electrons. The smallest absolute Gasteiger partial charge is 0.406 e. The first-order valence-corrected chi connectivity index (χ1v) is 5.74. The number of nitrogens with zero attached hydrogens (tertiary/aromatic N) is 4. The van der Waals surface area contributed by atoms with E-state index in [9.17, 15) is 10.1 Å². The third-order valence-electron chi connectivity index (χ3n) is 2.26. The van der Waals surface area contributed by atoms with E-state index in [1.807, 2.05) is 6.92 Å². The number of hydrogen-bond donors (Lipinski definition) is 0. The summed E-state index contributed by atoms with van der Waals surface area (Å²) < 4.78 is 10.2. The molecule has 8 heteroatoms. The summed E-state index contributed by atoms with van der Waals surface area (Å²) in [6.45, 7) is 1.98. The number of ether oxygens (including phenoxy) is 1. The lowest BCUT2D eigenvalue weighted by Gasteiger charge is -2.02. The fourth-order valence-electron chi connectivity index (χ4n) is 1.45. The van der Waals surface area contributed by atoms with Crippen molar-refractivity contribution in [2.75, 3.05) is 0 Å². The average Bonchev–Trinajstić information content (AvgIpc) is 2.85. The topological polar surface area (TPSA) is 104 Å². The quantitative estimate of drug-likeness (QED) is 0.579. The summed E-state index contributed by atoms with van der Waals surface area (Å²) in [5, 5.41) is 14.5. The van der Waals surface area contributed by atoms with Crippen molar-refractivity contribution in [1.29, 1.82) is 0 Å². The Morgan fingerprint density at radius 3 is 3.11 bits per heavy atom. The lowest BCUT2D eigenvalue weighted by Crippen LogP contribution is -2.01. The third kappa shape index (κ3) is 3.24. The number of pyridine rings is 1. The summed E-state index contributed by atoms with van der Waals surface area (Å²) >= 11 is 0. The van der Waals surface area contributed by atoms with E-state index in [0.717, 1.165) is 12.8 Å². The van der Waals surface area contributed by atoms with Crippen LogP contribution < -0.4 is 4.74 Å². The molecule has 0 aliphatic heterocycles. The predicted octanol–water partition coefficient (Wildman–Crippen LogP) is 1.90. The second kappa shape index (κ2) is 5.89. The van der Waals surface area contributed by atoms with E-state index < -0.39 is 4.92 Å². The highest BCUT2D eigenvalue weighted by Crippen LogP contribution is 2.23. The SMILES string of the molecule is CCCc1noc(COc2cccnc2[N+](=O)[O-])n1. The van der Waals surface area contributed by atoms with Gasteiger partial charge >= 0.3 is 5.82 Å². The van der Waals surface area contributed by atoms with Crippen LogP contribution in [0.25, 0.3) is 0 Å². The Morgan fingerprint density at radius 1 is 1.53 bits per heavy atom. The maximum absolute atomic E-state index is 10.7. The minimum Gasteiger partial charge on any atom is -0.476 e. The molecule has 0 atom stereocenters. The van der Waals surface area contributed by atoms with Crippen molar-refractivity contribution in [3.8, 4) is 5.75 Å². The second-order valence-corrected chi connectivity index (χ2v) is 3.73. The van der Waals surface area contributed by atoms with Crippen LogP contribution >= 0.6 is 0 Å². The second-order valence-electron chi connectivity index (χ2n) is 3.73.